The van der Waals surface area contributed by atoms with Crippen LogP contribution in [0.15, 0.2) is 12.3 Å². The zero-order valence-electron chi connectivity index (χ0n) is 11.0. The van der Waals surface area contributed by atoms with E-state index in [0.717, 1.165) is 18.7 Å². The highest BCUT2D eigenvalue weighted by Gasteiger charge is 2.29. The van der Waals surface area contributed by atoms with Crippen molar-refractivity contribution in [3.8, 4) is 0 Å². The molecule has 1 aromatic rings. The molecule has 1 aliphatic heterocycles. The number of halogens is 1. The Hall–Kier alpha value is -1.73. The molecule has 1 saturated heterocycles. The summed E-state index contributed by atoms with van der Waals surface area (Å²) in [6, 6.07) is 1.06. The SMILES string of the molecule is CC1CCN(C(=O)c2cc([N+](=O)[O-])cnc2Cl)CC1N. The number of nitrogens with two attached hydrogens (primary N) is 1. The number of rotatable bonds is 2. The highest BCUT2D eigenvalue weighted by Crippen LogP contribution is 2.23. The van der Waals surface area contributed by atoms with Crippen LogP contribution in [-0.2, 0) is 0 Å². The highest BCUT2D eigenvalue weighted by molar-refractivity contribution is 6.32. The van der Waals surface area contributed by atoms with Gasteiger partial charge < -0.3 is 10.6 Å². The van der Waals surface area contributed by atoms with Gasteiger partial charge in [-0.2, -0.15) is 0 Å². The van der Waals surface area contributed by atoms with Crippen LogP contribution in [0.3, 0.4) is 0 Å². The van der Waals surface area contributed by atoms with E-state index in [-0.39, 0.29) is 28.4 Å². The minimum Gasteiger partial charge on any atom is -0.337 e. The third-order valence-electron chi connectivity index (χ3n) is 3.57. The fourth-order valence-electron chi connectivity index (χ4n) is 2.14. The molecule has 0 spiro atoms. The lowest BCUT2D eigenvalue weighted by Crippen LogP contribution is -2.49. The van der Waals surface area contributed by atoms with E-state index in [4.69, 9.17) is 17.3 Å². The van der Waals surface area contributed by atoms with Gasteiger partial charge in [0.1, 0.15) is 11.3 Å². The average Bonchev–Trinajstić information content (AvgIpc) is 2.41. The van der Waals surface area contributed by atoms with Crippen molar-refractivity contribution in [3.63, 3.8) is 0 Å². The Kier molecular flexibility index (Phi) is 4.20. The minimum absolute atomic E-state index is 0.0345. The molecule has 2 rings (SSSR count). The Morgan fingerprint density at radius 1 is 1.65 bits per heavy atom. The van der Waals surface area contributed by atoms with E-state index < -0.39 is 4.92 Å². The zero-order valence-corrected chi connectivity index (χ0v) is 11.7. The third kappa shape index (κ3) is 2.88. The molecule has 2 atom stereocenters. The first kappa shape index (κ1) is 14.7. The van der Waals surface area contributed by atoms with Crippen molar-refractivity contribution in [2.45, 2.75) is 19.4 Å². The Morgan fingerprint density at radius 3 is 2.95 bits per heavy atom. The maximum atomic E-state index is 12.4. The second-order valence-corrected chi connectivity index (χ2v) is 5.33. The molecule has 0 aliphatic carbocycles. The number of nitro groups is 1. The van der Waals surface area contributed by atoms with Crippen LogP contribution in [0.1, 0.15) is 23.7 Å². The van der Waals surface area contributed by atoms with Crippen molar-refractivity contribution in [2.75, 3.05) is 13.1 Å². The van der Waals surface area contributed by atoms with E-state index in [2.05, 4.69) is 4.98 Å². The molecule has 1 amide bonds. The predicted octanol–water partition coefficient (Wildman–Crippen LogP) is 1.45. The lowest BCUT2D eigenvalue weighted by Gasteiger charge is -2.35. The Labute approximate surface area is 120 Å². The summed E-state index contributed by atoms with van der Waals surface area (Å²) in [5.41, 5.74) is 5.74. The molecule has 0 radical (unpaired) electrons. The molecular formula is C12H15ClN4O3. The molecule has 20 heavy (non-hydrogen) atoms. The summed E-state index contributed by atoms with van der Waals surface area (Å²) < 4.78 is 0. The second-order valence-electron chi connectivity index (χ2n) is 4.97. The average molecular weight is 299 g/mol. The number of carbonyl (C=O) groups is 1. The van der Waals surface area contributed by atoms with Gasteiger partial charge in [0.25, 0.3) is 11.6 Å². The molecule has 0 bridgehead atoms. The summed E-state index contributed by atoms with van der Waals surface area (Å²) in [4.78, 5) is 27.8. The number of hydrogen-bond acceptors (Lipinski definition) is 5. The van der Waals surface area contributed by atoms with E-state index in [1.807, 2.05) is 6.92 Å². The van der Waals surface area contributed by atoms with Crippen LogP contribution in [0.5, 0.6) is 0 Å². The number of nitrogens with zero attached hydrogens (tertiary/aromatic N) is 3. The molecule has 1 fully saturated rings. The van der Waals surface area contributed by atoms with Gasteiger partial charge in [-0.3, -0.25) is 14.9 Å². The summed E-state index contributed by atoms with van der Waals surface area (Å²) in [6.07, 6.45) is 1.83. The molecule has 1 aromatic heterocycles. The first-order valence-corrected chi connectivity index (χ1v) is 6.62. The van der Waals surface area contributed by atoms with Gasteiger partial charge in [-0.15, -0.1) is 0 Å². The number of aromatic nitrogens is 1. The van der Waals surface area contributed by atoms with Crippen molar-refractivity contribution in [2.24, 2.45) is 11.7 Å². The van der Waals surface area contributed by atoms with E-state index in [9.17, 15) is 14.9 Å². The van der Waals surface area contributed by atoms with Crippen LogP contribution >= 0.6 is 11.6 Å². The maximum Gasteiger partial charge on any atom is 0.288 e. The van der Waals surface area contributed by atoms with Crippen LogP contribution in [0.2, 0.25) is 5.15 Å². The first-order chi connectivity index (χ1) is 9.40. The largest absolute Gasteiger partial charge is 0.337 e. The normalized spacial score (nSPS) is 22.6. The maximum absolute atomic E-state index is 12.4. The van der Waals surface area contributed by atoms with Gasteiger partial charge in [0, 0.05) is 25.2 Å². The van der Waals surface area contributed by atoms with Crippen LogP contribution in [-0.4, -0.2) is 39.8 Å². The number of amides is 1. The zero-order chi connectivity index (χ0) is 14.9. The molecule has 8 heteroatoms. The molecular weight excluding hydrogens is 284 g/mol. The van der Waals surface area contributed by atoms with E-state index in [1.54, 1.807) is 4.90 Å². The molecule has 1 aliphatic rings. The Morgan fingerprint density at radius 2 is 2.35 bits per heavy atom. The first-order valence-electron chi connectivity index (χ1n) is 6.25. The van der Waals surface area contributed by atoms with Crippen molar-refractivity contribution in [3.05, 3.63) is 33.1 Å². The van der Waals surface area contributed by atoms with Crippen molar-refractivity contribution in [1.82, 2.24) is 9.88 Å². The summed E-state index contributed by atoms with van der Waals surface area (Å²) in [7, 11) is 0. The standard InChI is InChI=1S/C12H15ClN4O3/c1-7-2-3-16(6-10(7)14)12(18)9-4-8(17(19)20)5-15-11(9)13/h4-5,7,10H,2-3,6,14H2,1H3. The van der Waals surface area contributed by atoms with Crippen molar-refractivity contribution in [1.29, 1.82) is 0 Å². The molecule has 7 nitrogen and oxygen atoms in total. The van der Waals surface area contributed by atoms with Gasteiger partial charge in [0.05, 0.1) is 10.5 Å². The monoisotopic (exact) mass is 298 g/mol. The van der Waals surface area contributed by atoms with Gasteiger partial charge in [-0.25, -0.2) is 4.98 Å². The Bertz CT molecular complexity index is 552. The molecule has 2 N–H and O–H groups in total. The topological polar surface area (TPSA) is 102 Å². The fourth-order valence-corrected chi connectivity index (χ4v) is 2.33. The third-order valence-corrected chi connectivity index (χ3v) is 3.87. The van der Waals surface area contributed by atoms with E-state index in [0.29, 0.717) is 19.0 Å². The summed E-state index contributed by atoms with van der Waals surface area (Å²) >= 11 is 5.87. The highest BCUT2D eigenvalue weighted by atomic mass is 35.5. The van der Waals surface area contributed by atoms with E-state index in [1.165, 1.54) is 0 Å². The van der Waals surface area contributed by atoms with Crippen LogP contribution in [0, 0.1) is 16.0 Å². The van der Waals surface area contributed by atoms with Gasteiger partial charge >= 0.3 is 0 Å². The van der Waals surface area contributed by atoms with Gasteiger partial charge in [0.15, 0.2) is 0 Å². The number of hydrogen-bond donors (Lipinski definition) is 1. The summed E-state index contributed by atoms with van der Waals surface area (Å²) in [5.74, 6) is -0.0219. The van der Waals surface area contributed by atoms with Crippen LogP contribution in [0.4, 0.5) is 5.69 Å². The molecule has 0 aromatic carbocycles. The number of pyridine rings is 1. The van der Waals surface area contributed by atoms with Gasteiger partial charge in [-0.1, -0.05) is 18.5 Å². The smallest absolute Gasteiger partial charge is 0.288 e. The molecule has 2 unspecified atom stereocenters. The van der Waals surface area contributed by atoms with Gasteiger partial charge in [0.2, 0.25) is 0 Å². The molecule has 108 valence electrons. The van der Waals surface area contributed by atoms with Crippen molar-refractivity contribution >= 4 is 23.2 Å². The quantitative estimate of drug-likeness (QED) is 0.506. The van der Waals surface area contributed by atoms with Crippen LogP contribution < -0.4 is 5.73 Å². The molecule has 0 saturated carbocycles. The Balaban J connectivity index is 2.25. The molecule has 2 heterocycles. The number of carbonyl (C=O) groups excluding carboxylic acids is 1. The second kappa shape index (κ2) is 5.72. The summed E-state index contributed by atoms with van der Waals surface area (Å²) in [6.45, 7) is 3.01. The van der Waals surface area contributed by atoms with Crippen molar-refractivity contribution < 1.29 is 9.72 Å². The van der Waals surface area contributed by atoms with E-state index >= 15 is 0 Å². The fraction of sp³-hybridized carbons (Fsp3) is 0.500. The lowest BCUT2D eigenvalue weighted by molar-refractivity contribution is -0.385. The van der Waals surface area contributed by atoms with Gasteiger partial charge in [-0.05, 0) is 12.3 Å². The summed E-state index contributed by atoms with van der Waals surface area (Å²) in [5, 5.41) is 10.7. The minimum atomic E-state index is -0.607. The van der Waals surface area contributed by atoms with Crippen LogP contribution in [0.25, 0.3) is 0 Å². The predicted molar refractivity (Wildman–Crippen MR) is 73.6 cm³/mol. The lowest BCUT2D eigenvalue weighted by atomic mass is 9.94. The number of likely N-dealkylation sites (tertiary alicyclic amines) is 1. The number of piperidine rings is 1.